The Hall–Kier alpha value is -0.880. The van der Waals surface area contributed by atoms with Gasteiger partial charge >= 0.3 is 0 Å². The molecule has 3 rings (SSSR count). The highest BCUT2D eigenvalue weighted by Crippen LogP contribution is 2.32. The van der Waals surface area contributed by atoms with E-state index in [4.69, 9.17) is 0 Å². The molecule has 18 heavy (non-hydrogen) atoms. The largest absolute Gasteiger partial charge is 0.396 e. The van der Waals surface area contributed by atoms with Crippen LogP contribution in [0.15, 0.2) is 6.20 Å². The summed E-state index contributed by atoms with van der Waals surface area (Å²) >= 11 is 0. The first-order valence-electron chi connectivity index (χ1n) is 6.47. The predicted octanol–water partition coefficient (Wildman–Crippen LogP) is 0.655. The first kappa shape index (κ1) is 12.2. The van der Waals surface area contributed by atoms with Crippen LogP contribution in [-0.4, -0.2) is 41.2 Å². The van der Waals surface area contributed by atoms with Gasteiger partial charge in [0.15, 0.2) is 9.84 Å². The third-order valence-electron chi connectivity index (χ3n) is 4.01. The number of aliphatic hydroxyl groups excluding tert-OH is 1. The van der Waals surface area contributed by atoms with Gasteiger partial charge in [0.1, 0.15) is 5.82 Å². The van der Waals surface area contributed by atoms with Crippen LogP contribution in [0.1, 0.15) is 42.6 Å². The third kappa shape index (κ3) is 2.07. The number of hydrogen-bond donors (Lipinski definition) is 1. The second-order valence-electron chi connectivity index (χ2n) is 5.34. The van der Waals surface area contributed by atoms with Gasteiger partial charge in [-0.25, -0.2) is 13.4 Å². The molecule has 0 aliphatic carbocycles. The number of nitrogens with zero attached hydrogens (tertiary/aromatic N) is 2. The highest BCUT2D eigenvalue weighted by molar-refractivity contribution is 7.91. The molecule has 1 fully saturated rings. The van der Waals surface area contributed by atoms with Crippen LogP contribution in [0.4, 0.5) is 0 Å². The lowest BCUT2D eigenvalue weighted by Crippen LogP contribution is -2.18. The molecule has 0 amide bonds. The SMILES string of the molecule is O=S1(=O)CCC(c2cn3c(n2)C(CO)CCC3)C1. The Balaban J connectivity index is 1.89. The molecule has 2 aliphatic heterocycles. The highest BCUT2D eigenvalue weighted by Gasteiger charge is 2.32. The van der Waals surface area contributed by atoms with Crippen molar-refractivity contribution < 1.29 is 13.5 Å². The fourth-order valence-corrected chi connectivity index (χ4v) is 4.75. The van der Waals surface area contributed by atoms with Crippen LogP contribution < -0.4 is 0 Å². The highest BCUT2D eigenvalue weighted by atomic mass is 32.2. The van der Waals surface area contributed by atoms with Crippen molar-refractivity contribution in [1.29, 1.82) is 0 Å². The molecule has 3 heterocycles. The number of imidazole rings is 1. The normalized spacial score (nSPS) is 30.3. The number of hydrogen-bond acceptors (Lipinski definition) is 4. The van der Waals surface area contributed by atoms with Crippen LogP contribution in [0.2, 0.25) is 0 Å². The van der Waals surface area contributed by atoms with E-state index in [0.29, 0.717) is 6.42 Å². The second-order valence-corrected chi connectivity index (χ2v) is 7.57. The molecule has 2 atom stereocenters. The number of fused-ring (bicyclic) bond motifs is 1. The smallest absolute Gasteiger partial charge is 0.151 e. The standard InChI is InChI=1S/C12H18N2O3S/c15-7-9-2-1-4-14-6-11(13-12(9)14)10-3-5-18(16,17)8-10/h6,9-10,15H,1-5,7-8H2. The Morgan fingerprint density at radius 3 is 2.94 bits per heavy atom. The summed E-state index contributed by atoms with van der Waals surface area (Å²) in [5.41, 5.74) is 0.895. The minimum Gasteiger partial charge on any atom is -0.396 e. The van der Waals surface area contributed by atoms with Gasteiger partial charge in [-0.05, 0) is 19.3 Å². The zero-order valence-electron chi connectivity index (χ0n) is 10.2. The summed E-state index contributed by atoms with van der Waals surface area (Å²) in [5, 5.41) is 9.35. The minimum absolute atomic E-state index is 0.0486. The molecule has 2 aliphatic rings. The molecule has 2 unspecified atom stereocenters. The molecule has 6 heteroatoms. The van der Waals surface area contributed by atoms with E-state index in [-0.39, 0.29) is 29.9 Å². The van der Waals surface area contributed by atoms with Gasteiger partial charge in [-0.3, -0.25) is 0 Å². The van der Waals surface area contributed by atoms with E-state index in [1.807, 2.05) is 6.20 Å². The van der Waals surface area contributed by atoms with E-state index in [2.05, 4.69) is 9.55 Å². The molecule has 0 spiro atoms. The van der Waals surface area contributed by atoms with Crippen LogP contribution in [-0.2, 0) is 16.4 Å². The van der Waals surface area contributed by atoms with E-state index in [9.17, 15) is 13.5 Å². The number of rotatable bonds is 2. The first-order chi connectivity index (χ1) is 8.59. The van der Waals surface area contributed by atoms with Gasteiger partial charge in [-0.15, -0.1) is 0 Å². The molecule has 100 valence electrons. The maximum absolute atomic E-state index is 11.5. The van der Waals surface area contributed by atoms with Crippen LogP contribution in [0.5, 0.6) is 0 Å². The first-order valence-corrected chi connectivity index (χ1v) is 8.29. The molecule has 1 aromatic heterocycles. The van der Waals surface area contributed by atoms with Gasteiger partial charge in [-0.2, -0.15) is 0 Å². The van der Waals surface area contributed by atoms with E-state index in [0.717, 1.165) is 30.9 Å². The fraction of sp³-hybridized carbons (Fsp3) is 0.750. The number of aromatic nitrogens is 2. The summed E-state index contributed by atoms with van der Waals surface area (Å²) < 4.78 is 25.1. The quantitative estimate of drug-likeness (QED) is 0.856. The maximum Gasteiger partial charge on any atom is 0.151 e. The van der Waals surface area contributed by atoms with Crippen molar-refractivity contribution >= 4 is 9.84 Å². The average Bonchev–Trinajstić information content (AvgIpc) is 2.91. The molecule has 0 saturated carbocycles. The zero-order chi connectivity index (χ0) is 12.8. The predicted molar refractivity (Wildman–Crippen MR) is 67.3 cm³/mol. The topological polar surface area (TPSA) is 72.2 Å². The number of aliphatic hydroxyl groups is 1. The van der Waals surface area contributed by atoms with E-state index >= 15 is 0 Å². The van der Waals surface area contributed by atoms with E-state index in [1.54, 1.807) is 0 Å². The van der Waals surface area contributed by atoms with E-state index < -0.39 is 9.84 Å². The van der Waals surface area contributed by atoms with Crippen molar-refractivity contribution in [3.63, 3.8) is 0 Å². The molecule has 0 aromatic carbocycles. The van der Waals surface area contributed by atoms with Crippen LogP contribution >= 0.6 is 0 Å². The van der Waals surface area contributed by atoms with Crippen molar-refractivity contribution in [2.24, 2.45) is 0 Å². The summed E-state index contributed by atoms with van der Waals surface area (Å²) in [4.78, 5) is 4.59. The van der Waals surface area contributed by atoms with Crippen LogP contribution in [0, 0.1) is 0 Å². The van der Waals surface area contributed by atoms with Gasteiger partial charge in [0.05, 0.1) is 23.8 Å². The van der Waals surface area contributed by atoms with Gasteiger partial charge in [0, 0.05) is 24.6 Å². The Morgan fingerprint density at radius 1 is 1.44 bits per heavy atom. The zero-order valence-corrected chi connectivity index (χ0v) is 11.1. The Labute approximate surface area is 107 Å². The van der Waals surface area contributed by atoms with Crippen molar-refractivity contribution in [3.8, 4) is 0 Å². The lowest BCUT2D eigenvalue weighted by atomic mass is 10.0. The van der Waals surface area contributed by atoms with Crippen molar-refractivity contribution in [2.75, 3.05) is 18.1 Å². The minimum atomic E-state index is -2.86. The lowest BCUT2D eigenvalue weighted by molar-refractivity contribution is 0.238. The van der Waals surface area contributed by atoms with Gasteiger partial charge in [0.2, 0.25) is 0 Å². The van der Waals surface area contributed by atoms with Crippen molar-refractivity contribution in [3.05, 3.63) is 17.7 Å². The molecule has 0 radical (unpaired) electrons. The molecule has 1 aromatic rings. The van der Waals surface area contributed by atoms with E-state index in [1.165, 1.54) is 0 Å². The van der Waals surface area contributed by atoms with Crippen molar-refractivity contribution in [2.45, 2.75) is 37.6 Å². The molecule has 1 N–H and O–H groups in total. The number of aryl methyl sites for hydroxylation is 1. The monoisotopic (exact) mass is 270 g/mol. The summed E-state index contributed by atoms with van der Waals surface area (Å²) in [5.74, 6) is 1.61. The van der Waals surface area contributed by atoms with Gasteiger partial charge in [-0.1, -0.05) is 0 Å². The molecule has 1 saturated heterocycles. The second kappa shape index (κ2) is 4.35. The fourth-order valence-electron chi connectivity index (χ4n) is 2.99. The summed E-state index contributed by atoms with van der Waals surface area (Å²) in [6, 6.07) is 0. The molecule has 5 nitrogen and oxygen atoms in total. The Morgan fingerprint density at radius 2 is 2.28 bits per heavy atom. The molecular formula is C12H18N2O3S. The average molecular weight is 270 g/mol. The van der Waals surface area contributed by atoms with Gasteiger partial charge < -0.3 is 9.67 Å². The Bertz CT molecular complexity index is 550. The van der Waals surface area contributed by atoms with Crippen molar-refractivity contribution in [1.82, 2.24) is 9.55 Å². The summed E-state index contributed by atoms with van der Waals surface area (Å²) in [6.45, 7) is 1.05. The molecular weight excluding hydrogens is 252 g/mol. The maximum atomic E-state index is 11.5. The van der Waals surface area contributed by atoms with Crippen LogP contribution in [0.3, 0.4) is 0 Å². The third-order valence-corrected chi connectivity index (χ3v) is 5.78. The molecule has 0 bridgehead atoms. The lowest BCUT2D eigenvalue weighted by Gasteiger charge is -2.21. The summed E-state index contributed by atoms with van der Waals surface area (Å²) in [7, 11) is -2.86. The van der Waals surface area contributed by atoms with Gasteiger partial charge in [0.25, 0.3) is 0 Å². The Kier molecular flexibility index (Phi) is 2.94. The summed E-state index contributed by atoms with van der Waals surface area (Å²) in [6.07, 6.45) is 4.69. The van der Waals surface area contributed by atoms with Crippen LogP contribution in [0.25, 0.3) is 0 Å². The number of sulfone groups is 1.